The van der Waals surface area contributed by atoms with Crippen LogP contribution in [0.4, 0.5) is 4.79 Å². The van der Waals surface area contributed by atoms with E-state index in [4.69, 9.17) is 9.15 Å². The number of piperidine rings is 1. The van der Waals surface area contributed by atoms with Crippen molar-refractivity contribution in [2.75, 3.05) is 13.1 Å². The Kier molecular flexibility index (Phi) is 4.61. The third-order valence-corrected chi connectivity index (χ3v) is 3.78. The van der Waals surface area contributed by atoms with Crippen LogP contribution in [0.15, 0.2) is 53.1 Å². The van der Waals surface area contributed by atoms with Gasteiger partial charge in [0.05, 0.1) is 6.26 Å². The third kappa shape index (κ3) is 3.91. The van der Waals surface area contributed by atoms with Gasteiger partial charge < -0.3 is 19.4 Å². The van der Waals surface area contributed by atoms with E-state index in [2.05, 4.69) is 5.32 Å². The number of benzene rings is 1. The fourth-order valence-electron chi connectivity index (χ4n) is 2.52. The zero-order valence-electron chi connectivity index (χ0n) is 12.6. The van der Waals surface area contributed by atoms with Crippen molar-refractivity contribution in [2.45, 2.75) is 18.9 Å². The van der Waals surface area contributed by atoms with Gasteiger partial charge in [-0.2, -0.15) is 0 Å². The molecule has 2 amide bonds. The van der Waals surface area contributed by atoms with E-state index < -0.39 is 0 Å². The average Bonchev–Trinajstić information content (AvgIpc) is 3.11. The molecular weight excluding hydrogens is 296 g/mol. The molecule has 0 aliphatic carbocycles. The molecule has 0 spiro atoms. The number of furan rings is 1. The zero-order valence-corrected chi connectivity index (χ0v) is 12.6. The van der Waals surface area contributed by atoms with E-state index in [0.29, 0.717) is 37.4 Å². The average molecular weight is 314 g/mol. The van der Waals surface area contributed by atoms with Crippen LogP contribution in [0.3, 0.4) is 0 Å². The summed E-state index contributed by atoms with van der Waals surface area (Å²) in [5, 5.41) is 2.92. The highest BCUT2D eigenvalue weighted by Gasteiger charge is 2.25. The van der Waals surface area contributed by atoms with E-state index in [9.17, 15) is 9.59 Å². The van der Waals surface area contributed by atoms with Crippen LogP contribution in [-0.2, 0) is 0 Å². The normalized spacial score (nSPS) is 15.2. The fourth-order valence-corrected chi connectivity index (χ4v) is 2.52. The zero-order chi connectivity index (χ0) is 16.1. The highest BCUT2D eigenvalue weighted by Crippen LogP contribution is 2.15. The summed E-state index contributed by atoms with van der Waals surface area (Å²) in [4.78, 5) is 25.7. The van der Waals surface area contributed by atoms with Gasteiger partial charge in [0.2, 0.25) is 0 Å². The summed E-state index contributed by atoms with van der Waals surface area (Å²) in [6, 6.07) is 12.3. The second kappa shape index (κ2) is 7.00. The summed E-state index contributed by atoms with van der Waals surface area (Å²) in [7, 11) is 0. The maximum absolute atomic E-state index is 12.1. The first kappa shape index (κ1) is 15.1. The predicted octanol–water partition coefficient (Wildman–Crippen LogP) is 2.67. The largest absolute Gasteiger partial charge is 0.459 e. The summed E-state index contributed by atoms with van der Waals surface area (Å²) in [6.45, 7) is 1.10. The molecule has 1 aliphatic heterocycles. The summed E-state index contributed by atoms with van der Waals surface area (Å²) in [5.41, 5.74) is 0. The summed E-state index contributed by atoms with van der Waals surface area (Å²) in [6.07, 6.45) is 2.50. The number of carbonyl (C=O) groups excluding carboxylic acids is 2. The second-order valence-corrected chi connectivity index (χ2v) is 5.39. The van der Waals surface area contributed by atoms with Crippen LogP contribution >= 0.6 is 0 Å². The summed E-state index contributed by atoms with van der Waals surface area (Å²) >= 11 is 0. The third-order valence-electron chi connectivity index (χ3n) is 3.78. The molecule has 2 heterocycles. The lowest BCUT2D eigenvalue weighted by atomic mass is 10.1. The molecule has 0 unspecified atom stereocenters. The lowest BCUT2D eigenvalue weighted by Crippen LogP contribution is -2.47. The molecule has 1 aromatic carbocycles. The first-order valence-electron chi connectivity index (χ1n) is 7.58. The predicted molar refractivity (Wildman–Crippen MR) is 83.2 cm³/mol. The van der Waals surface area contributed by atoms with Crippen LogP contribution in [0.1, 0.15) is 23.4 Å². The Morgan fingerprint density at radius 1 is 1.09 bits per heavy atom. The van der Waals surface area contributed by atoms with Gasteiger partial charge in [0.15, 0.2) is 5.76 Å². The number of ether oxygens (including phenoxy) is 1. The minimum absolute atomic E-state index is 0.0355. The van der Waals surface area contributed by atoms with Crippen molar-refractivity contribution < 1.29 is 18.7 Å². The molecular formula is C17H18N2O4. The molecule has 1 aliphatic rings. The maximum atomic E-state index is 12.1. The second-order valence-electron chi connectivity index (χ2n) is 5.39. The molecule has 1 fully saturated rings. The Bertz CT molecular complexity index is 646. The van der Waals surface area contributed by atoms with Crippen molar-refractivity contribution in [1.29, 1.82) is 0 Å². The molecule has 3 rings (SSSR count). The number of carbonyl (C=O) groups is 2. The van der Waals surface area contributed by atoms with Crippen molar-refractivity contribution in [1.82, 2.24) is 10.2 Å². The van der Waals surface area contributed by atoms with Gasteiger partial charge in [0, 0.05) is 19.1 Å². The molecule has 120 valence electrons. The van der Waals surface area contributed by atoms with E-state index in [1.54, 1.807) is 29.2 Å². The minimum Gasteiger partial charge on any atom is -0.459 e. The van der Waals surface area contributed by atoms with Gasteiger partial charge in [-0.1, -0.05) is 18.2 Å². The van der Waals surface area contributed by atoms with Crippen LogP contribution in [0, 0.1) is 0 Å². The van der Waals surface area contributed by atoms with Crippen LogP contribution in [0.2, 0.25) is 0 Å². The lowest BCUT2D eigenvalue weighted by molar-refractivity contribution is 0.0882. The number of nitrogens with one attached hydrogen (secondary N) is 1. The Balaban J connectivity index is 1.46. The quantitative estimate of drug-likeness (QED) is 0.945. The molecule has 0 atom stereocenters. The molecule has 2 aromatic rings. The van der Waals surface area contributed by atoms with E-state index in [0.717, 1.165) is 0 Å². The lowest BCUT2D eigenvalue weighted by Gasteiger charge is -2.31. The summed E-state index contributed by atoms with van der Waals surface area (Å²) < 4.78 is 10.4. The Morgan fingerprint density at radius 2 is 1.83 bits per heavy atom. The maximum Gasteiger partial charge on any atom is 0.415 e. The van der Waals surface area contributed by atoms with Crippen LogP contribution in [0.25, 0.3) is 0 Å². The monoisotopic (exact) mass is 314 g/mol. The van der Waals surface area contributed by atoms with Crippen molar-refractivity contribution in [3.63, 3.8) is 0 Å². The fraction of sp³-hybridized carbons (Fsp3) is 0.294. The molecule has 6 nitrogen and oxygen atoms in total. The number of amides is 2. The van der Waals surface area contributed by atoms with Crippen molar-refractivity contribution in [3.05, 3.63) is 54.5 Å². The van der Waals surface area contributed by atoms with Crippen LogP contribution in [-0.4, -0.2) is 36.0 Å². The van der Waals surface area contributed by atoms with Gasteiger partial charge in [-0.25, -0.2) is 4.79 Å². The molecule has 1 aromatic heterocycles. The molecule has 1 saturated heterocycles. The number of hydrogen-bond acceptors (Lipinski definition) is 4. The topological polar surface area (TPSA) is 71.8 Å². The van der Waals surface area contributed by atoms with Crippen molar-refractivity contribution >= 4 is 12.0 Å². The number of likely N-dealkylation sites (tertiary alicyclic amines) is 1. The molecule has 6 heteroatoms. The minimum atomic E-state index is -0.355. The Labute approximate surface area is 134 Å². The summed E-state index contributed by atoms with van der Waals surface area (Å²) in [5.74, 6) is 0.613. The Morgan fingerprint density at radius 3 is 2.48 bits per heavy atom. The number of hydrogen-bond donors (Lipinski definition) is 1. The van der Waals surface area contributed by atoms with Crippen LogP contribution < -0.4 is 10.1 Å². The van der Waals surface area contributed by atoms with Gasteiger partial charge in [0.25, 0.3) is 5.91 Å². The number of para-hydroxylation sites is 1. The van der Waals surface area contributed by atoms with Gasteiger partial charge in [-0.15, -0.1) is 0 Å². The van der Waals surface area contributed by atoms with Gasteiger partial charge in [-0.05, 0) is 37.1 Å². The molecule has 0 radical (unpaired) electrons. The van der Waals surface area contributed by atoms with E-state index >= 15 is 0 Å². The molecule has 1 N–H and O–H groups in total. The number of rotatable bonds is 3. The number of nitrogens with zero attached hydrogens (tertiary/aromatic N) is 1. The molecule has 0 bridgehead atoms. The first-order chi connectivity index (χ1) is 11.2. The van der Waals surface area contributed by atoms with E-state index in [1.165, 1.54) is 6.26 Å². The van der Waals surface area contributed by atoms with Gasteiger partial charge in [-0.3, -0.25) is 4.79 Å². The van der Waals surface area contributed by atoms with Crippen molar-refractivity contribution in [2.24, 2.45) is 0 Å². The first-order valence-corrected chi connectivity index (χ1v) is 7.58. The molecule has 23 heavy (non-hydrogen) atoms. The Hall–Kier alpha value is -2.76. The SMILES string of the molecule is O=C(NC1CCN(C(=O)Oc2ccccc2)CC1)c1ccco1. The van der Waals surface area contributed by atoms with E-state index in [-0.39, 0.29) is 18.0 Å². The molecule has 0 saturated carbocycles. The van der Waals surface area contributed by atoms with Gasteiger partial charge >= 0.3 is 6.09 Å². The highest BCUT2D eigenvalue weighted by molar-refractivity contribution is 5.91. The smallest absolute Gasteiger partial charge is 0.415 e. The van der Waals surface area contributed by atoms with E-state index in [1.807, 2.05) is 18.2 Å². The van der Waals surface area contributed by atoms with Gasteiger partial charge in [0.1, 0.15) is 5.75 Å². The van der Waals surface area contributed by atoms with Crippen molar-refractivity contribution in [3.8, 4) is 5.75 Å². The standard InChI is InChI=1S/C17H18N2O4/c20-16(15-7-4-12-22-15)18-13-8-10-19(11-9-13)17(21)23-14-5-2-1-3-6-14/h1-7,12-13H,8-11H2,(H,18,20). The van der Waals surface area contributed by atoms with Crippen LogP contribution in [0.5, 0.6) is 5.75 Å². The highest BCUT2D eigenvalue weighted by atomic mass is 16.6.